The summed E-state index contributed by atoms with van der Waals surface area (Å²) in [5, 5.41) is 11.8. The van der Waals surface area contributed by atoms with Crippen LogP contribution in [-0.4, -0.2) is 24.0 Å². The Morgan fingerprint density at radius 2 is 1.88 bits per heavy atom. The van der Waals surface area contributed by atoms with E-state index >= 15 is 0 Å². The van der Waals surface area contributed by atoms with Crippen molar-refractivity contribution < 1.29 is 28.9 Å². The summed E-state index contributed by atoms with van der Waals surface area (Å²) in [5.41, 5.74) is 1.40. The molecule has 26 heavy (non-hydrogen) atoms. The molecule has 0 aromatic heterocycles. The predicted octanol–water partition coefficient (Wildman–Crippen LogP) is 3.62. The number of carboxylic acids is 1. The lowest BCUT2D eigenvalue weighted by molar-refractivity contribution is -0.137. The summed E-state index contributed by atoms with van der Waals surface area (Å²) in [6.07, 6.45) is -1.01. The number of halogens is 1. The van der Waals surface area contributed by atoms with Gasteiger partial charge in [0.15, 0.2) is 11.5 Å². The van der Waals surface area contributed by atoms with Gasteiger partial charge in [0.05, 0.1) is 12.5 Å². The van der Waals surface area contributed by atoms with Crippen molar-refractivity contribution in [3.8, 4) is 11.5 Å². The van der Waals surface area contributed by atoms with Gasteiger partial charge in [-0.3, -0.25) is 4.79 Å². The first-order valence-corrected chi connectivity index (χ1v) is 8.60. The fraction of sp³-hybridized carbons (Fsp3) is 0.222. The average Bonchev–Trinajstić information content (AvgIpc) is 3.06. The van der Waals surface area contributed by atoms with Crippen molar-refractivity contribution in [1.82, 2.24) is 5.32 Å². The molecule has 0 bridgehead atoms. The van der Waals surface area contributed by atoms with Crippen LogP contribution in [0.5, 0.6) is 11.5 Å². The Bertz CT molecular complexity index is 811. The maximum Gasteiger partial charge on any atom is 0.407 e. The van der Waals surface area contributed by atoms with Crippen molar-refractivity contribution >= 4 is 28.0 Å². The molecular weight excluding hydrogens is 406 g/mol. The van der Waals surface area contributed by atoms with Crippen LogP contribution in [0, 0.1) is 0 Å². The van der Waals surface area contributed by atoms with Crippen LogP contribution < -0.4 is 14.8 Å². The topological polar surface area (TPSA) is 94.1 Å². The van der Waals surface area contributed by atoms with Crippen LogP contribution >= 0.6 is 15.9 Å². The molecule has 0 spiro atoms. The first-order valence-electron chi connectivity index (χ1n) is 7.81. The number of carbonyl (C=O) groups excluding carboxylic acids is 1. The number of hydrogen-bond acceptors (Lipinski definition) is 5. The molecule has 1 atom stereocenters. The van der Waals surface area contributed by atoms with E-state index in [1.165, 1.54) is 0 Å². The van der Waals surface area contributed by atoms with E-state index < -0.39 is 18.1 Å². The maximum absolute atomic E-state index is 12.1. The minimum Gasteiger partial charge on any atom is -0.481 e. The Hall–Kier alpha value is -2.74. The molecule has 0 radical (unpaired) electrons. The van der Waals surface area contributed by atoms with Crippen molar-refractivity contribution in [2.75, 3.05) is 6.79 Å². The Morgan fingerprint density at radius 1 is 1.19 bits per heavy atom. The van der Waals surface area contributed by atoms with Gasteiger partial charge >= 0.3 is 12.1 Å². The highest BCUT2D eigenvalue weighted by atomic mass is 79.9. The van der Waals surface area contributed by atoms with E-state index in [9.17, 15) is 14.7 Å². The van der Waals surface area contributed by atoms with Crippen LogP contribution in [0.15, 0.2) is 46.9 Å². The lowest BCUT2D eigenvalue weighted by Gasteiger charge is -2.19. The van der Waals surface area contributed by atoms with Gasteiger partial charge in [-0.25, -0.2) is 4.79 Å². The number of amides is 1. The van der Waals surface area contributed by atoms with E-state index in [1.807, 2.05) is 30.3 Å². The first-order chi connectivity index (χ1) is 12.5. The minimum absolute atomic E-state index is 0.0920. The second kappa shape index (κ2) is 8.09. The van der Waals surface area contributed by atoms with E-state index in [0.717, 1.165) is 5.56 Å². The van der Waals surface area contributed by atoms with Crippen molar-refractivity contribution in [1.29, 1.82) is 0 Å². The summed E-state index contributed by atoms with van der Waals surface area (Å²) in [5.74, 6) is 0.00215. The van der Waals surface area contributed by atoms with Crippen molar-refractivity contribution in [3.05, 3.63) is 58.1 Å². The first kappa shape index (κ1) is 18.1. The van der Waals surface area contributed by atoms with Crippen LogP contribution in [0.1, 0.15) is 23.6 Å². The van der Waals surface area contributed by atoms with Gasteiger partial charge in [-0.1, -0.05) is 46.3 Å². The molecule has 3 rings (SSSR count). The molecule has 2 aromatic rings. The van der Waals surface area contributed by atoms with Crippen LogP contribution in [0.2, 0.25) is 0 Å². The molecule has 0 unspecified atom stereocenters. The van der Waals surface area contributed by atoms with E-state index in [0.29, 0.717) is 21.5 Å². The molecule has 0 aliphatic carbocycles. The number of fused-ring (bicyclic) bond motifs is 1. The fourth-order valence-corrected chi connectivity index (χ4v) is 3.12. The number of alkyl carbamates (subject to hydrolysis) is 1. The highest BCUT2D eigenvalue weighted by Crippen LogP contribution is 2.39. The highest BCUT2D eigenvalue weighted by Gasteiger charge is 2.25. The van der Waals surface area contributed by atoms with Crippen LogP contribution in [0.4, 0.5) is 4.79 Å². The molecule has 1 aliphatic heterocycles. The molecule has 7 nitrogen and oxygen atoms in total. The van der Waals surface area contributed by atoms with E-state index in [-0.39, 0.29) is 19.8 Å². The van der Waals surface area contributed by atoms with E-state index in [2.05, 4.69) is 21.2 Å². The Morgan fingerprint density at radius 3 is 2.58 bits per heavy atom. The van der Waals surface area contributed by atoms with E-state index in [4.69, 9.17) is 14.2 Å². The average molecular weight is 422 g/mol. The predicted molar refractivity (Wildman–Crippen MR) is 95.0 cm³/mol. The molecule has 0 saturated carbocycles. The van der Waals surface area contributed by atoms with Crippen molar-refractivity contribution in [3.63, 3.8) is 0 Å². The van der Waals surface area contributed by atoms with Crippen molar-refractivity contribution in [2.45, 2.75) is 19.1 Å². The second-order valence-electron chi connectivity index (χ2n) is 5.58. The summed E-state index contributed by atoms with van der Waals surface area (Å²) in [7, 11) is 0. The fourth-order valence-electron chi connectivity index (χ4n) is 2.52. The normalized spacial score (nSPS) is 13.1. The number of carboxylic acid groups (broad SMARTS) is 1. The molecule has 2 N–H and O–H groups in total. The SMILES string of the molecule is O=C(O)C[C@@H](NC(=O)OCc1ccccc1)c1cc2c(cc1Br)OCO2. The summed E-state index contributed by atoms with van der Waals surface area (Å²) in [6, 6.07) is 11.7. The van der Waals surface area contributed by atoms with Crippen LogP contribution in [-0.2, 0) is 16.1 Å². The molecule has 1 heterocycles. The largest absolute Gasteiger partial charge is 0.481 e. The highest BCUT2D eigenvalue weighted by molar-refractivity contribution is 9.10. The monoisotopic (exact) mass is 421 g/mol. The molecule has 136 valence electrons. The van der Waals surface area contributed by atoms with Gasteiger partial charge in [0, 0.05) is 4.47 Å². The third kappa shape index (κ3) is 4.45. The number of benzene rings is 2. The van der Waals surface area contributed by atoms with Gasteiger partial charge in [-0.15, -0.1) is 0 Å². The smallest absolute Gasteiger partial charge is 0.407 e. The molecule has 2 aromatic carbocycles. The Labute approximate surface area is 158 Å². The van der Waals surface area contributed by atoms with Gasteiger partial charge in [0.1, 0.15) is 6.61 Å². The maximum atomic E-state index is 12.1. The van der Waals surface area contributed by atoms with Crippen molar-refractivity contribution in [2.24, 2.45) is 0 Å². The molecule has 1 amide bonds. The third-order valence-corrected chi connectivity index (χ3v) is 4.44. The zero-order valence-corrected chi connectivity index (χ0v) is 15.2. The lowest BCUT2D eigenvalue weighted by Crippen LogP contribution is -2.31. The minimum atomic E-state index is -1.05. The van der Waals surface area contributed by atoms with Gasteiger partial charge in [-0.2, -0.15) is 0 Å². The van der Waals surface area contributed by atoms with E-state index in [1.54, 1.807) is 12.1 Å². The number of aliphatic carboxylic acids is 1. The zero-order chi connectivity index (χ0) is 18.5. The quantitative estimate of drug-likeness (QED) is 0.739. The number of rotatable bonds is 6. The number of ether oxygens (including phenoxy) is 3. The molecule has 1 aliphatic rings. The molecular formula is C18H16BrNO6. The molecule has 0 fully saturated rings. The second-order valence-corrected chi connectivity index (χ2v) is 6.44. The van der Waals surface area contributed by atoms with Crippen LogP contribution in [0.25, 0.3) is 0 Å². The van der Waals surface area contributed by atoms with Gasteiger partial charge < -0.3 is 24.6 Å². The summed E-state index contributed by atoms with van der Waals surface area (Å²) in [6.45, 7) is 0.191. The third-order valence-electron chi connectivity index (χ3n) is 3.75. The van der Waals surface area contributed by atoms with Gasteiger partial charge in [-0.05, 0) is 23.3 Å². The van der Waals surface area contributed by atoms with Gasteiger partial charge in [0.25, 0.3) is 0 Å². The molecule has 0 saturated heterocycles. The summed E-state index contributed by atoms with van der Waals surface area (Å²) < 4.78 is 16.4. The van der Waals surface area contributed by atoms with Gasteiger partial charge in [0.2, 0.25) is 6.79 Å². The van der Waals surface area contributed by atoms with Crippen LogP contribution in [0.3, 0.4) is 0 Å². The Kier molecular flexibility index (Phi) is 5.62. The Balaban J connectivity index is 1.72. The number of carbonyl (C=O) groups is 2. The molecule has 8 heteroatoms. The standard InChI is InChI=1S/C18H16BrNO6/c19-13-7-16-15(25-10-26-16)6-12(13)14(8-17(21)22)20-18(23)24-9-11-4-2-1-3-5-11/h1-7,14H,8-10H2,(H,20,23)(H,21,22)/t14-/m1/s1. The summed E-state index contributed by atoms with van der Waals surface area (Å²) >= 11 is 3.39. The number of nitrogens with one attached hydrogen (secondary N) is 1. The summed E-state index contributed by atoms with van der Waals surface area (Å²) in [4.78, 5) is 23.4. The lowest BCUT2D eigenvalue weighted by atomic mass is 10.0. The zero-order valence-electron chi connectivity index (χ0n) is 13.6. The number of hydrogen-bond donors (Lipinski definition) is 2.